The van der Waals surface area contributed by atoms with Crippen molar-refractivity contribution in [3.63, 3.8) is 0 Å². The number of pyridine rings is 1. The van der Waals surface area contributed by atoms with Gasteiger partial charge < -0.3 is 4.90 Å². The van der Waals surface area contributed by atoms with E-state index in [1.165, 1.54) is 30.0 Å². The first-order valence-electron chi connectivity index (χ1n) is 10.4. The first kappa shape index (κ1) is 24.2. The lowest BCUT2D eigenvalue weighted by atomic mass is 10.2. The summed E-state index contributed by atoms with van der Waals surface area (Å²) in [5.74, 6) is -0.733. The van der Waals surface area contributed by atoms with E-state index in [9.17, 15) is 22.8 Å². The number of rotatable bonds is 5. The Bertz CT molecular complexity index is 1420. The summed E-state index contributed by atoms with van der Waals surface area (Å²) in [5.41, 5.74) is -0.642. The van der Waals surface area contributed by atoms with Gasteiger partial charge in [0.1, 0.15) is 0 Å². The van der Waals surface area contributed by atoms with Crippen LogP contribution in [0.2, 0.25) is 5.02 Å². The zero-order valence-corrected chi connectivity index (χ0v) is 19.1. The molecule has 0 spiro atoms. The van der Waals surface area contributed by atoms with Gasteiger partial charge in [-0.2, -0.15) is 18.3 Å². The van der Waals surface area contributed by atoms with E-state index in [0.29, 0.717) is 16.4 Å². The van der Waals surface area contributed by atoms with Crippen LogP contribution >= 0.6 is 11.6 Å². The highest BCUT2D eigenvalue weighted by molar-refractivity contribution is 6.30. The van der Waals surface area contributed by atoms with Gasteiger partial charge in [0.25, 0.3) is 5.91 Å². The molecule has 178 valence electrons. The first-order chi connectivity index (χ1) is 16.6. The number of alkyl halides is 3. The van der Waals surface area contributed by atoms with Gasteiger partial charge in [-0.1, -0.05) is 23.7 Å². The van der Waals surface area contributed by atoms with Crippen molar-refractivity contribution >= 4 is 23.2 Å². The highest BCUT2D eigenvalue weighted by Gasteiger charge is 2.31. The highest BCUT2D eigenvalue weighted by atomic mass is 35.5. The predicted octanol–water partition coefficient (Wildman–Crippen LogP) is 5.46. The molecule has 0 aliphatic heterocycles. The zero-order chi connectivity index (χ0) is 25.2. The normalized spacial score (nSPS) is 11.3. The summed E-state index contributed by atoms with van der Waals surface area (Å²) in [6.45, 7) is 1.55. The van der Waals surface area contributed by atoms with E-state index in [1.54, 1.807) is 48.7 Å². The maximum Gasteiger partial charge on any atom is 0.416 e. The molecule has 2 aromatic carbocycles. The topological polar surface area (TPSA) is 68.1 Å². The van der Waals surface area contributed by atoms with Gasteiger partial charge in [-0.15, -0.1) is 0 Å². The summed E-state index contributed by atoms with van der Waals surface area (Å²) in [6.07, 6.45) is -2.99. The number of carbonyl (C=O) groups is 1. The molecule has 6 nitrogen and oxygen atoms in total. The largest absolute Gasteiger partial charge is 0.416 e. The third-order valence-electron chi connectivity index (χ3n) is 5.16. The number of aryl methyl sites for hydroxylation is 1. The maximum atomic E-state index is 13.6. The van der Waals surface area contributed by atoms with Gasteiger partial charge in [-0.05, 0) is 61.5 Å². The molecule has 4 rings (SSSR count). The van der Waals surface area contributed by atoms with Gasteiger partial charge in [0, 0.05) is 28.7 Å². The number of anilines is 1. The van der Waals surface area contributed by atoms with Crippen molar-refractivity contribution in [2.24, 2.45) is 0 Å². The Hall–Kier alpha value is -3.98. The lowest BCUT2D eigenvalue weighted by Crippen LogP contribution is -2.36. The molecule has 35 heavy (non-hydrogen) atoms. The Morgan fingerprint density at radius 3 is 2.43 bits per heavy atom. The van der Waals surface area contributed by atoms with E-state index < -0.39 is 28.8 Å². The third-order valence-corrected chi connectivity index (χ3v) is 5.41. The molecule has 0 aliphatic carbocycles. The Morgan fingerprint density at radius 1 is 1.03 bits per heavy atom. The first-order valence-corrected chi connectivity index (χ1v) is 10.8. The van der Waals surface area contributed by atoms with Gasteiger partial charge in [-0.25, -0.2) is 4.68 Å². The molecule has 0 atom stereocenters. The average molecular weight is 499 g/mol. The fraction of sp³-hybridized carbons (Fsp3) is 0.120. The minimum atomic E-state index is -4.56. The van der Waals surface area contributed by atoms with Crippen LogP contribution in [0.3, 0.4) is 0 Å². The van der Waals surface area contributed by atoms with Crippen molar-refractivity contribution in [1.29, 1.82) is 0 Å². The molecule has 0 radical (unpaired) electrons. The summed E-state index contributed by atoms with van der Waals surface area (Å²) in [4.78, 5) is 31.9. The summed E-state index contributed by atoms with van der Waals surface area (Å²) in [5, 5.41) is 4.63. The number of aromatic nitrogens is 3. The van der Waals surface area contributed by atoms with Gasteiger partial charge in [0.15, 0.2) is 5.69 Å². The SMILES string of the molecule is Cc1cc(=O)c(C(=O)N(Cc2ccccn2)c2ccc(Cl)cc2)nn1-c1cccc(C(F)(F)F)c1. The lowest BCUT2D eigenvalue weighted by Gasteiger charge is -2.23. The number of halogens is 4. The van der Waals surface area contributed by atoms with Gasteiger partial charge >= 0.3 is 6.18 Å². The number of benzene rings is 2. The van der Waals surface area contributed by atoms with Crippen LogP contribution in [0, 0.1) is 6.92 Å². The van der Waals surface area contributed by atoms with E-state index in [0.717, 1.165) is 16.8 Å². The second-order valence-corrected chi connectivity index (χ2v) is 8.08. The number of carbonyl (C=O) groups excluding carboxylic acids is 1. The quantitative estimate of drug-likeness (QED) is 0.367. The van der Waals surface area contributed by atoms with Crippen molar-refractivity contribution in [3.8, 4) is 5.69 Å². The fourth-order valence-corrected chi connectivity index (χ4v) is 3.58. The molecule has 2 heterocycles. The number of hydrogen-bond donors (Lipinski definition) is 0. The minimum absolute atomic E-state index is 0.0276. The van der Waals surface area contributed by atoms with Crippen LogP contribution in [0.15, 0.2) is 83.8 Å². The predicted molar refractivity (Wildman–Crippen MR) is 126 cm³/mol. The fourth-order valence-electron chi connectivity index (χ4n) is 3.45. The molecule has 0 unspecified atom stereocenters. The summed E-state index contributed by atoms with van der Waals surface area (Å²) in [6, 6.07) is 17.3. The standard InChI is InChI=1S/C25H18ClF3N4O2/c1-16-13-22(34)23(31-33(16)21-7-4-5-17(14-21)25(27,28)29)24(35)32(15-19-6-2-3-12-30-19)20-10-8-18(26)9-11-20/h2-14H,15H2,1H3. The van der Waals surface area contributed by atoms with Crippen LogP contribution in [0.5, 0.6) is 0 Å². The molecule has 2 aromatic heterocycles. The lowest BCUT2D eigenvalue weighted by molar-refractivity contribution is -0.137. The van der Waals surface area contributed by atoms with Crippen LogP contribution < -0.4 is 10.3 Å². The molecule has 10 heteroatoms. The van der Waals surface area contributed by atoms with Crippen LogP contribution in [-0.4, -0.2) is 20.7 Å². The summed E-state index contributed by atoms with van der Waals surface area (Å²) < 4.78 is 40.8. The van der Waals surface area contributed by atoms with E-state index in [1.807, 2.05) is 0 Å². The maximum absolute atomic E-state index is 13.6. The van der Waals surface area contributed by atoms with Crippen molar-refractivity contribution < 1.29 is 18.0 Å². The highest BCUT2D eigenvalue weighted by Crippen LogP contribution is 2.30. The molecule has 1 amide bonds. The van der Waals surface area contributed by atoms with Crippen LogP contribution in [0.1, 0.15) is 27.4 Å². The molecule has 0 fully saturated rings. The van der Waals surface area contributed by atoms with Crippen molar-refractivity contribution in [2.75, 3.05) is 4.90 Å². The Labute approximate surface area is 203 Å². The Balaban J connectivity index is 1.80. The van der Waals surface area contributed by atoms with Crippen molar-refractivity contribution in [1.82, 2.24) is 14.8 Å². The summed E-state index contributed by atoms with van der Waals surface area (Å²) >= 11 is 5.99. The van der Waals surface area contributed by atoms with Gasteiger partial charge in [0.05, 0.1) is 23.5 Å². The van der Waals surface area contributed by atoms with Gasteiger partial charge in [0.2, 0.25) is 5.43 Å². The molecule has 0 saturated heterocycles. The Kier molecular flexibility index (Phi) is 6.70. The smallest absolute Gasteiger partial charge is 0.301 e. The van der Waals surface area contributed by atoms with Gasteiger partial charge in [-0.3, -0.25) is 14.6 Å². The van der Waals surface area contributed by atoms with E-state index >= 15 is 0 Å². The molecular weight excluding hydrogens is 481 g/mol. The zero-order valence-electron chi connectivity index (χ0n) is 18.3. The molecule has 4 aromatic rings. The van der Waals surface area contributed by atoms with Crippen molar-refractivity contribution in [3.05, 3.63) is 117 Å². The molecule has 0 bridgehead atoms. The second kappa shape index (κ2) is 9.71. The van der Waals surface area contributed by atoms with E-state index in [-0.39, 0.29) is 17.9 Å². The monoisotopic (exact) mass is 498 g/mol. The van der Waals surface area contributed by atoms with E-state index in [2.05, 4.69) is 10.1 Å². The second-order valence-electron chi connectivity index (χ2n) is 7.65. The van der Waals surface area contributed by atoms with E-state index in [4.69, 9.17) is 11.6 Å². The summed E-state index contributed by atoms with van der Waals surface area (Å²) in [7, 11) is 0. The Morgan fingerprint density at radius 2 is 1.77 bits per heavy atom. The molecule has 0 N–H and O–H groups in total. The number of hydrogen-bond acceptors (Lipinski definition) is 4. The van der Waals surface area contributed by atoms with Crippen LogP contribution in [-0.2, 0) is 12.7 Å². The molecular formula is C25H18ClF3N4O2. The number of amides is 1. The molecule has 0 aliphatic rings. The average Bonchev–Trinajstić information content (AvgIpc) is 2.83. The van der Waals surface area contributed by atoms with Crippen LogP contribution in [0.25, 0.3) is 5.69 Å². The third kappa shape index (κ3) is 5.41. The van der Waals surface area contributed by atoms with Crippen LogP contribution in [0.4, 0.5) is 18.9 Å². The minimum Gasteiger partial charge on any atom is -0.301 e. The molecule has 0 saturated carbocycles. The van der Waals surface area contributed by atoms with Crippen molar-refractivity contribution in [2.45, 2.75) is 19.6 Å². The number of nitrogens with zero attached hydrogens (tertiary/aromatic N) is 4.